The number of amides is 4. The first-order chi connectivity index (χ1) is 18.8. The van der Waals surface area contributed by atoms with Gasteiger partial charge in [0.15, 0.2) is 4.77 Å². The van der Waals surface area contributed by atoms with Gasteiger partial charge in [0.25, 0.3) is 34.7 Å². The Bertz CT molecular complexity index is 1780. The van der Waals surface area contributed by atoms with Gasteiger partial charge in [0, 0.05) is 0 Å². The second-order valence-electron chi connectivity index (χ2n) is 8.20. The summed E-state index contributed by atoms with van der Waals surface area (Å²) in [7, 11) is 0. The first-order valence-electron chi connectivity index (χ1n) is 11.2. The number of fused-ring (bicyclic) bond motifs is 2. The zero-order valence-electron chi connectivity index (χ0n) is 19.7. The van der Waals surface area contributed by atoms with Gasteiger partial charge in [-0.25, -0.2) is 0 Å². The molecule has 0 saturated carbocycles. The number of rotatable bonds is 4. The van der Waals surface area contributed by atoms with Crippen molar-refractivity contribution in [1.82, 2.24) is 40.2 Å². The van der Waals surface area contributed by atoms with Crippen molar-refractivity contribution in [3.63, 3.8) is 0 Å². The minimum atomic E-state index is -0.523. The molecular weight excluding hydrogens is 540 g/mol. The lowest BCUT2D eigenvalue weighted by molar-refractivity contribution is 0.0624. The Labute approximate surface area is 229 Å². The maximum atomic E-state index is 12.1. The second kappa shape index (κ2) is 11.1. The number of carbonyl (C=O) groups is 4. The van der Waals surface area contributed by atoms with E-state index in [1.165, 1.54) is 0 Å². The SMILES string of the molecule is C.O=C1c2ccccc2C(=O)N1Cc1n[nH]c(=S)[nH]c1=O.O=C1c2ccccc2C(=O)N1Cc1nnc[nH]c1=O. The number of nitrogens with zero attached hydrogens (tertiary/aromatic N) is 5. The lowest BCUT2D eigenvalue weighted by Crippen LogP contribution is -2.32. The van der Waals surface area contributed by atoms with Crippen LogP contribution in [0.1, 0.15) is 60.2 Å². The number of H-pyrrole nitrogens is 3. The fraction of sp³-hybridized carbons (Fsp3) is 0.120. The Morgan fingerprint density at radius 2 is 1.12 bits per heavy atom. The molecule has 0 spiro atoms. The molecule has 15 heteroatoms. The van der Waals surface area contributed by atoms with Crippen molar-refractivity contribution >= 4 is 35.8 Å². The largest absolute Gasteiger partial charge is 0.310 e. The number of imide groups is 2. The van der Waals surface area contributed by atoms with E-state index in [0.29, 0.717) is 22.3 Å². The first kappa shape index (κ1) is 27.6. The van der Waals surface area contributed by atoms with Gasteiger partial charge in [-0.3, -0.25) is 48.6 Å². The summed E-state index contributed by atoms with van der Waals surface area (Å²) < 4.78 is 0.0844. The predicted octanol–water partition coefficient (Wildman–Crippen LogP) is 1.22. The van der Waals surface area contributed by atoms with Gasteiger partial charge in [0.2, 0.25) is 0 Å². The van der Waals surface area contributed by atoms with E-state index in [2.05, 4.69) is 30.4 Å². The molecule has 4 heterocycles. The van der Waals surface area contributed by atoms with Crippen LogP contribution in [0.4, 0.5) is 0 Å². The predicted molar refractivity (Wildman–Crippen MR) is 141 cm³/mol. The van der Waals surface area contributed by atoms with Crippen LogP contribution in [0.2, 0.25) is 0 Å². The van der Waals surface area contributed by atoms with Gasteiger partial charge in [0.05, 0.1) is 35.3 Å². The zero-order chi connectivity index (χ0) is 27.7. The second-order valence-corrected chi connectivity index (χ2v) is 8.61. The number of aromatic nitrogens is 6. The molecule has 202 valence electrons. The van der Waals surface area contributed by atoms with E-state index in [0.717, 1.165) is 16.1 Å². The topological polar surface area (TPSA) is 195 Å². The van der Waals surface area contributed by atoms with Crippen molar-refractivity contribution in [3.05, 3.63) is 114 Å². The molecule has 0 fully saturated rings. The fourth-order valence-electron chi connectivity index (χ4n) is 3.96. The maximum Gasteiger partial charge on any atom is 0.275 e. The van der Waals surface area contributed by atoms with Crippen molar-refractivity contribution in [2.45, 2.75) is 20.5 Å². The Hall–Kier alpha value is -5.44. The normalized spacial score (nSPS) is 13.4. The van der Waals surface area contributed by atoms with Gasteiger partial charge in [-0.05, 0) is 36.5 Å². The third-order valence-electron chi connectivity index (χ3n) is 5.85. The number of carbonyl (C=O) groups excluding carboxylic acids is 4. The number of hydrogen-bond donors (Lipinski definition) is 3. The molecule has 0 aliphatic carbocycles. The van der Waals surface area contributed by atoms with E-state index in [9.17, 15) is 28.8 Å². The highest BCUT2D eigenvalue weighted by atomic mass is 32.1. The van der Waals surface area contributed by atoms with Crippen LogP contribution in [0.25, 0.3) is 0 Å². The number of nitrogens with one attached hydrogen (secondary N) is 3. The van der Waals surface area contributed by atoms with Gasteiger partial charge in [-0.1, -0.05) is 31.7 Å². The molecule has 0 radical (unpaired) electrons. The highest BCUT2D eigenvalue weighted by molar-refractivity contribution is 7.71. The molecule has 0 atom stereocenters. The monoisotopic (exact) mass is 560 g/mol. The molecule has 2 aliphatic rings. The Kier molecular flexibility index (Phi) is 7.67. The van der Waals surface area contributed by atoms with Crippen LogP contribution >= 0.6 is 12.2 Å². The highest BCUT2D eigenvalue weighted by Gasteiger charge is 2.36. The van der Waals surface area contributed by atoms with Gasteiger partial charge >= 0.3 is 0 Å². The maximum absolute atomic E-state index is 12.1. The molecule has 4 amide bonds. The highest BCUT2D eigenvalue weighted by Crippen LogP contribution is 2.24. The van der Waals surface area contributed by atoms with Crippen molar-refractivity contribution in [2.24, 2.45) is 0 Å². The summed E-state index contributed by atoms with van der Waals surface area (Å²) in [5, 5.41) is 13.3. The molecule has 2 aliphatic heterocycles. The Morgan fingerprint density at radius 1 is 0.675 bits per heavy atom. The molecule has 14 nitrogen and oxygen atoms in total. The lowest BCUT2D eigenvalue weighted by Gasteiger charge is -2.11. The average Bonchev–Trinajstić information content (AvgIpc) is 3.32. The van der Waals surface area contributed by atoms with Crippen molar-refractivity contribution in [2.75, 3.05) is 0 Å². The summed E-state index contributed by atoms with van der Waals surface area (Å²) in [6.07, 6.45) is 1.15. The molecule has 2 aromatic heterocycles. The smallest absolute Gasteiger partial charge is 0.275 e. The summed E-state index contributed by atoms with van der Waals surface area (Å²) in [4.78, 5) is 78.2. The molecule has 0 bridgehead atoms. The van der Waals surface area contributed by atoms with E-state index in [1.807, 2.05) is 0 Å². The Morgan fingerprint density at radius 3 is 1.55 bits per heavy atom. The molecular formula is C25H20N8O6S. The number of aromatic amines is 3. The summed E-state index contributed by atoms with van der Waals surface area (Å²) in [6.45, 7) is -0.386. The molecule has 0 unspecified atom stereocenters. The first-order valence-corrected chi connectivity index (χ1v) is 11.6. The van der Waals surface area contributed by atoms with Crippen LogP contribution in [0.3, 0.4) is 0 Å². The van der Waals surface area contributed by atoms with Crippen LogP contribution in [-0.4, -0.2) is 63.8 Å². The van der Waals surface area contributed by atoms with E-state index in [-0.39, 0.29) is 36.7 Å². The minimum Gasteiger partial charge on any atom is -0.310 e. The van der Waals surface area contributed by atoms with Gasteiger partial charge < -0.3 is 4.98 Å². The molecule has 3 N–H and O–H groups in total. The average molecular weight is 561 g/mol. The molecule has 40 heavy (non-hydrogen) atoms. The quantitative estimate of drug-likeness (QED) is 0.241. The van der Waals surface area contributed by atoms with E-state index < -0.39 is 34.7 Å². The zero-order valence-corrected chi connectivity index (χ0v) is 20.5. The van der Waals surface area contributed by atoms with E-state index in [4.69, 9.17) is 12.2 Å². The lowest BCUT2D eigenvalue weighted by atomic mass is 10.1. The van der Waals surface area contributed by atoms with E-state index >= 15 is 0 Å². The van der Waals surface area contributed by atoms with Gasteiger partial charge in [-0.2, -0.15) is 5.10 Å². The van der Waals surface area contributed by atoms with Crippen LogP contribution in [-0.2, 0) is 13.1 Å². The van der Waals surface area contributed by atoms with Crippen LogP contribution < -0.4 is 11.1 Å². The van der Waals surface area contributed by atoms with Crippen molar-refractivity contribution in [3.8, 4) is 0 Å². The number of hydrogen-bond acceptors (Lipinski definition) is 10. The Balaban J connectivity index is 0.000000181. The third kappa shape index (κ3) is 5.00. The summed E-state index contributed by atoms with van der Waals surface area (Å²) >= 11 is 4.72. The number of benzene rings is 2. The van der Waals surface area contributed by atoms with Crippen LogP contribution in [0, 0.1) is 4.77 Å². The summed E-state index contributed by atoms with van der Waals surface area (Å²) in [5.74, 6) is -1.72. The third-order valence-corrected chi connectivity index (χ3v) is 6.04. The summed E-state index contributed by atoms with van der Waals surface area (Å²) in [5.41, 5.74) is 0.401. The van der Waals surface area contributed by atoms with E-state index in [1.54, 1.807) is 48.5 Å². The molecule has 4 aromatic rings. The van der Waals surface area contributed by atoms with Crippen LogP contribution in [0.15, 0.2) is 64.4 Å². The fourth-order valence-corrected chi connectivity index (χ4v) is 4.10. The van der Waals surface area contributed by atoms with Crippen LogP contribution in [0.5, 0.6) is 0 Å². The van der Waals surface area contributed by atoms with Gasteiger partial charge in [0.1, 0.15) is 17.7 Å². The standard InChI is InChI=1S/C12H8N4O3S.C12H8N4O3.CH4/c17-9-8(14-15-12(20)13-9)5-16-10(18)6-3-1-2-4-7(6)11(16)19;17-10-9(15-14-6-13-10)5-16-11(18)7-3-1-2-4-8(7)12(16)19;/h1-4H,5H2,(H2,13,15,17,20);1-4,6H,5H2,(H,13,14,17);1H4. The van der Waals surface area contributed by atoms with Gasteiger partial charge in [-0.15, -0.1) is 10.2 Å². The van der Waals surface area contributed by atoms with Crippen molar-refractivity contribution < 1.29 is 19.2 Å². The minimum absolute atomic E-state index is 0. The van der Waals surface area contributed by atoms with Crippen molar-refractivity contribution in [1.29, 1.82) is 0 Å². The molecule has 0 saturated heterocycles. The molecule has 6 rings (SSSR count). The molecule has 2 aromatic carbocycles. The summed E-state index contributed by atoms with van der Waals surface area (Å²) in [6, 6.07) is 13.0.